The number of nitrogens with one attached hydrogen (secondary N) is 1. The molecule has 25 heavy (non-hydrogen) atoms. The lowest BCUT2D eigenvalue weighted by Gasteiger charge is -2.09. The molecule has 0 aromatic heterocycles. The Morgan fingerprint density at radius 1 is 1.08 bits per heavy atom. The summed E-state index contributed by atoms with van der Waals surface area (Å²) in [4.78, 5) is 22.8. The van der Waals surface area contributed by atoms with E-state index in [9.17, 15) is 22.8 Å². The van der Waals surface area contributed by atoms with E-state index < -0.39 is 28.6 Å². The molecular formula is C17H12ClF3N2O2. The van der Waals surface area contributed by atoms with Gasteiger partial charge in [0.2, 0.25) is 11.8 Å². The van der Waals surface area contributed by atoms with Crippen LogP contribution < -0.4 is 11.1 Å². The van der Waals surface area contributed by atoms with Crippen LogP contribution in [-0.2, 0) is 11.0 Å². The molecule has 0 unspecified atom stereocenters. The Balaban J connectivity index is 2.09. The van der Waals surface area contributed by atoms with Gasteiger partial charge < -0.3 is 11.1 Å². The molecule has 2 aromatic carbocycles. The molecule has 0 bridgehead atoms. The van der Waals surface area contributed by atoms with E-state index in [-0.39, 0.29) is 11.1 Å². The normalized spacial score (nSPS) is 11.5. The molecule has 8 heteroatoms. The third-order valence-corrected chi connectivity index (χ3v) is 3.49. The first kappa shape index (κ1) is 18.5. The summed E-state index contributed by atoms with van der Waals surface area (Å²) in [5.74, 6) is -1.14. The largest absolute Gasteiger partial charge is 0.417 e. The standard InChI is InChI=1S/C17H12ClF3N2O2/c18-14-7-1-10(9-13(14)17(19,20)21)2-8-15(24)23-12-5-3-11(4-6-12)16(22)25/h1-9H,(H2,22,25)(H,23,24). The molecule has 0 saturated heterocycles. The van der Waals surface area contributed by atoms with Gasteiger partial charge in [-0.3, -0.25) is 9.59 Å². The summed E-state index contributed by atoms with van der Waals surface area (Å²) in [5, 5.41) is 2.10. The number of benzene rings is 2. The number of carbonyl (C=O) groups is 2. The summed E-state index contributed by atoms with van der Waals surface area (Å²) >= 11 is 5.53. The van der Waals surface area contributed by atoms with Crippen LogP contribution >= 0.6 is 11.6 Å². The first-order chi connectivity index (χ1) is 11.7. The second-order valence-electron chi connectivity index (χ2n) is 5.00. The maximum atomic E-state index is 12.8. The van der Waals surface area contributed by atoms with Gasteiger partial charge in [-0.15, -0.1) is 0 Å². The van der Waals surface area contributed by atoms with Crippen LogP contribution in [0.15, 0.2) is 48.5 Å². The molecule has 0 aliphatic heterocycles. The number of primary amides is 1. The monoisotopic (exact) mass is 368 g/mol. The fraction of sp³-hybridized carbons (Fsp3) is 0.0588. The fourth-order valence-electron chi connectivity index (χ4n) is 1.94. The van der Waals surface area contributed by atoms with Crippen LogP contribution in [0.5, 0.6) is 0 Å². The summed E-state index contributed by atoms with van der Waals surface area (Å²) in [6.45, 7) is 0. The highest BCUT2D eigenvalue weighted by molar-refractivity contribution is 6.31. The number of nitrogens with two attached hydrogens (primary N) is 1. The predicted molar refractivity (Wildman–Crippen MR) is 89.1 cm³/mol. The van der Waals surface area contributed by atoms with Crippen LogP contribution in [0, 0.1) is 0 Å². The van der Waals surface area contributed by atoms with Crippen molar-refractivity contribution in [3.05, 3.63) is 70.3 Å². The molecule has 0 aliphatic rings. The molecule has 2 aromatic rings. The van der Waals surface area contributed by atoms with Crippen LogP contribution in [0.3, 0.4) is 0 Å². The zero-order valence-corrected chi connectivity index (χ0v) is 13.4. The molecule has 0 spiro atoms. The molecule has 0 fully saturated rings. The summed E-state index contributed by atoms with van der Waals surface area (Å²) < 4.78 is 38.4. The van der Waals surface area contributed by atoms with E-state index in [1.807, 2.05) is 0 Å². The molecule has 4 nitrogen and oxygen atoms in total. The van der Waals surface area contributed by atoms with E-state index in [1.165, 1.54) is 36.4 Å². The number of hydrogen-bond donors (Lipinski definition) is 2. The molecule has 0 radical (unpaired) electrons. The van der Waals surface area contributed by atoms with Crippen molar-refractivity contribution in [3.63, 3.8) is 0 Å². The summed E-state index contributed by atoms with van der Waals surface area (Å²) in [6.07, 6.45) is -2.25. The molecular weight excluding hydrogens is 357 g/mol. The maximum absolute atomic E-state index is 12.8. The minimum atomic E-state index is -4.58. The first-order valence-corrected chi connectivity index (χ1v) is 7.30. The van der Waals surface area contributed by atoms with E-state index in [1.54, 1.807) is 0 Å². The van der Waals surface area contributed by atoms with Crippen LogP contribution in [0.2, 0.25) is 5.02 Å². The van der Waals surface area contributed by atoms with Crippen LogP contribution in [0.25, 0.3) is 6.08 Å². The molecule has 130 valence electrons. The van der Waals surface area contributed by atoms with Gasteiger partial charge in [-0.1, -0.05) is 17.7 Å². The van der Waals surface area contributed by atoms with Crippen molar-refractivity contribution in [2.45, 2.75) is 6.18 Å². The van der Waals surface area contributed by atoms with Crippen molar-refractivity contribution in [2.24, 2.45) is 5.73 Å². The number of amides is 2. The first-order valence-electron chi connectivity index (χ1n) is 6.92. The van der Waals surface area contributed by atoms with Crippen molar-refractivity contribution in [1.82, 2.24) is 0 Å². The Labute approximate surface area is 146 Å². The van der Waals surface area contributed by atoms with Gasteiger partial charge in [0.1, 0.15) is 0 Å². The molecule has 3 N–H and O–H groups in total. The van der Waals surface area contributed by atoms with Crippen molar-refractivity contribution >= 4 is 35.2 Å². The Kier molecular flexibility index (Phi) is 5.48. The highest BCUT2D eigenvalue weighted by Crippen LogP contribution is 2.35. The highest BCUT2D eigenvalue weighted by Gasteiger charge is 2.33. The number of alkyl halides is 3. The van der Waals surface area contributed by atoms with E-state index in [0.717, 1.165) is 18.2 Å². The molecule has 2 amide bonds. The Hall–Kier alpha value is -2.80. The van der Waals surface area contributed by atoms with Gasteiger partial charge in [0.15, 0.2) is 0 Å². The number of anilines is 1. The highest BCUT2D eigenvalue weighted by atomic mass is 35.5. The number of carbonyl (C=O) groups excluding carboxylic acids is 2. The van der Waals surface area contributed by atoms with Crippen molar-refractivity contribution in [1.29, 1.82) is 0 Å². The van der Waals surface area contributed by atoms with Crippen LogP contribution in [-0.4, -0.2) is 11.8 Å². The lowest BCUT2D eigenvalue weighted by atomic mass is 10.1. The van der Waals surface area contributed by atoms with Gasteiger partial charge in [0.25, 0.3) is 0 Å². The van der Waals surface area contributed by atoms with Gasteiger partial charge in [-0.2, -0.15) is 13.2 Å². The molecule has 0 aliphatic carbocycles. The van der Waals surface area contributed by atoms with Gasteiger partial charge in [0, 0.05) is 17.3 Å². The van der Waals surface area contributed by atoms with Crippen LogP contribution in [0.4, 0.5) is 18.9 Å². The second-order valence-corrected chi connectivity index (χ2v) is 5.41. The predicted octanol–water partition coefficient (Wildman–Crippen LogP) is 4.11. The van der Waals surface area contributed by atoms with Crippen molar-refractivity contribution in [2.75, 3.05) is 5.32 Å². The quantitative estimate of drug-likeness (QED) is 0.797. The average Bonchev–Trinajstić information content (AvgIpc) is 2.53. The van der Waals surface area contributed by atoms with Crippen molar-refractivity contribution in [3.8, 4) is 0 Å². The Bertz CT molecular complexity index is 831. The van der Waals surface area contributed by atoms with E-state index in [0.29, 0.717) is 5.69 Å². The van der Waals surface area contributed by atoms with Gasteiger partial charge >= 0.3 is 6.18 Å². The number of hydrogen-bond acceptors (Lipinski definition) is 2. The maximum Gasteiger partial charge on any atom is 0.417 e. The third kappa shape index (κ3) is 5.09. The second kappa shape index (κ2) is 7.40. The van der Waals surface area contributed by atoms with Gasteiger partial charge in [-0.25, -0.2) is 0 Å². The minimum absolute atomic E-state index is 0.177. The van der Waals surface area contributed by atoms with Gasteiger partial charge in [-0.05, 0) is 48.0 Å². The molecule has 0 saturated carbocycles. The topological polar surface area (TPSA) is 72.2 Å². The summed E-state index contributed by atoms with van der Waals surface area (Å²) in [5.41, 5.74) is 5.00. The smallest absolute Gasteiger partial charge is 0.366 e. The molecule has 0 heterocycles. The lowest BCUT2D eigenvalue weighted by molar-refractivity contribution is -0.137. The molecule has 2 rings (SSSR count). The molecule has 0 atom stereocenters. The minimum Gasteiger partial charge on any atom is -0.366 e. The fourth-order valence-corrected chi connectivity index (χ4v) is 2.16. The zero-order chi connectivity index (χ0) is 18.6. The average molecular weight is 369 g/mol. The third-order valence-electron chi connectivity index (χ3n) is 3.16. The van der Waals surface area contributed by atoms with Gasteiger partial charge in [0.05, 0.1) is 10.6 Å². The number of halogens is 4. The SMILES string of the molecule is NC(=O)c1ccc(NC(=O)C=Cc2ccc(Cl)c(C(F)(F)F)c2)cc1. The Morgan fingerprint density at radius 2 is 1.72 bits per heavy atom. The van der Waals surface area contributed by atoms with E-state index in [4.69, 9.17) is 17.3 Å². The zero-order valence-electron chi connectivity index (χ0n) is 12.6. The van der Waals surface area contributed by atoms with Crippen molar-refractivity contribution < 1.29 is 22.8 Å². The summed E-state index contributed by atoms with van der Waals surface area (Å²) in [6, 6.07) is 9.18. The van der Waals surface area contributed by atoms with E-state index >= 15 is 0 Å². The van der Waals surface area contributed by atoms with E-state index in [2.05, 4.69) is 5.32 Å². The summed E-state index contributed by atoms with van der Waals surface area (Å²) in [7, 11) is 0. The number of rotatable bonds is 4. The lowest BCUT2D eigenvalue weighted by Crippen LogP contribution is -2.11. The Morgan fingerprint density at radius 3 is 2.28 bits per heavy atom. The van der Waals surface area contributed by atoms with Crippen LogP contribution in [0.1, 0.15) is 21.5 Å².